The molecule has 4 heteroatoms. The van der Waals surface area contributed by atoms with E-state index in [9.17, 15) is 4.79 Å². The third-order valence-electron chi connectivity index (χ3n) is 2.86. The molecule has 1 aromatic heterocycles. The average Bonchev–Trinajstić information content (AvgIpc) is 2.19. The summed E-state index contributed by atoms with van der Waals surface area (Å²) in [5.41, 5.74) is 0.973. The molecule has 0 saturated carbocycles. The van der Waals surface area contributed by atoms with Crippen LogP contribution in [0.5, 0.6) is 0 Å². The Bertz CT molecular complexity index is 417. The van der Waals surface area contributed by atoms with Crippen molar-refractivity contribution in [3.05, 3.63) is 28.2 Å². The zero-order valence-corrected chi connectivity index (χ0v) is 11.4. The summed E-state index contributed by atoms with van der Waals surface area (Å²) < 4.78 is 1.53. The van der Waals surface area contributed by atoms with E-state index in [1.165, 1.54) is 4.68 Å². The summed E-state index contributed by atoms with van der Waals surface area (Å²) in [6.45, 7) is 12.0. The van der Waals surface area contributed by atoms with Crippen molar-refractivity contribution in [2.24, 2.45) is 5.41 Å². The van der Waals surface area contributed by atoms with Crippen LogP contribution in [-0.2, 0) is 6.54 Å². The molecule has 0 bridgehead atoms. The molecule has 0 radical (unpaired) electrons. The maximum absolute atomic E-state index is 11.8. The number of aromatic nitrogens is 2. The van der Waals surface area contributed by atoms with Gasteiger partial charge in [0.2, 0.25) is 0 Å². The van der Waals surface area contributed by atoms with E-state index in [1.54, 1.807) is 12.3 Å². The molecule has 1 atom stereocenters. The van der Waals surface area contributed by atoms with Crippen LogP contribution in [0, 0.1) is 12.3 Å². The Morgan fingerprint density at radius 2 is 2.12 bits per heavy atom. The Balaban J connectivity index is 2.90. The third kappa shape index (κ3) is 3.97. The highest BCUT2D eigenvalue weighted by Crippen LogP contribution is 2.19. The Kier molecular flexibility index (Phi) is 4.46. The zero-order valence-electron chi connectivity index (χ0n) is 11.4. The molecule has 0 fully saturated rings. The molecule has 0 aliphatic heterocycles. The maximum atomic E-state index is 11.8. The van der Waals surface area contributed by atoms with E-state index in [4.69, 9.17) is 0 Å². The van der Waals surface area contributed by atoms with E-state index in [2.05, 4.69) is 38.1 Å². The number of hydrogen-bond acceptors (Lipinski definition) is 3. The SMILES string of the molecule is CCNC(Cn1ncc(C)cc1=O)C(C)(C)C. The molecule has 17 heavy (non-hydrogen) atoms. The van der Waals surface area contributed by atoms with Crippen molar-refractivity contribution in [3.8, 4) is 0 Å². The van der Waals surface area contributed by atoms with Gasteiger partial charge in [-0.2, -0.15) is 5.10 Å². The van der Waals surface area contributed by atoms with Gasteiger partial charge in [-0.3, -0.25) is 4.79 Å². The fraction of sp³-hybridized carbons (Fsp3) is 0.692. The summed E-state index contributed by atoms with van der Waals surface area (Å²) in [5.74, 6) is 0. The van der Waals surface area contributed by atoms with Crippen LogP contribution >= 0.6 is 0 Å². The fourth-order valence-electron chi connectivity index (χ4n) is 1.73. The summed E-state index contributed by atoms with van der Waals surface area (Å²) >= 11 is 0. The van der Waals surface area contributed by atoms with Gasteiger partial charge in [-0.15, -0.1) is 0 Å². The van der Waals surface area contributed by atoms with E-state index < -0.39 is 0 Å². The lowest BCUT2D eigenvalue weighted by atomic mass is 9.86. The first-order valence-electron chi connectivity index (χ1n) is 6.11. The first-order chi connectivity index (χ1) is 7.84. The Morgan fingerprint density at radius 3 is 2.59 bits per heavy atom. The first kappa shape index (κ1) is 13.9. The summed E-state index contributed by atoms with van der Waals surface area (Å²) in [6, 6.07) is 1.86. The van der Waals surface area contributed by atoms with Crippen molar-refractivity contribution in [1.82, 2.24) is 15.1 Å². The van der Waals surface area contributed by atoms with E-state index in [0.29, 0.717) is 6.54 Å². The zero-order chi connectivity index (χ0) is 13.1. The first-order valence-corrected chi connectivity index (χ1v) is 6.11. The molecule has 4 nitrogen and oxygen atoms in total. The van der Waals surface area contributed by atoms with E-state index in [-0.39, 0.29) is 17.0 Å². The molecule has 0 aliphatic carbocycles. The van der Waals surface area contributed by atoms with Gasteiger partial charge < -0.3 is 5.32 Å². The van der Waals surface area contributed by atoms with Gasteiger partial charge in [0.05, 0.1) is 12.7 Å². The van der Waals surface area contributed by atoms with Gasteiger partial charge in [-0.05, 0) is 24.4 Å². The average molecular weight is 237 g/mol. The second-order valence-corrected chi connectivity index (χ2v) is 5.53. The van der Waals surface area contributed by atoms with E-state index in [0.717, 1.165) is 12.1 Å². The minimum atomic E-state index is -0.0304. The maximum Gasteiger partial charge on any atom is 0.267 e. The molecule has 1 heterocycles. The summed E-state index contributed by atoms with van der Waals surface area (Å²) in [4.78, 5) is 11.8. The molecule has 96 valence electrons. The van der Waals surface area contributed by atoms with Crippen LogP contribution in [0.15, 0.2) is 17.1 Å². The molecule has 1 rings (SSSR count). The van der Waals surface area contributed by atoms with Crippen molar-refractivity contribution in [2.75, 3.05) is 6.54 Å². The topological polar surface area (TPSA) is 46.9 Å². The van der Waals surface area contributed by atoms with Gasteiger partial charge in [-0.1, -0.05) is 27.7 Å². The highest BCUT2D eigenvalue weighted by molar-refractivity contribution is 5.02. The van der Waals surface area contributed by atoms with Gasteiger partial charge in [-0.25, -0.2) is 4.68 Å². The second-order valence-electron chi connectivity index (χ2n) is 5.53. The lowest BCUT2D eigenvalue weighted by Gasteiger charge is -2.31. The van der Waals surface area contributed by atoms with Crippen LogP contribution in [0.4, 0.5) is 0 Å². The van der Waals surface area contributed by atoms with Crippen LogP contribution in [0.2, 0.25) is 0 Å². The standard InChI is InChI=1S/C13H23N3O/c1-6-14-11(13(3,4)5)9-16-12(17)7-10(2)8-15-16/h7-8,11,14H,6,9H2,1-5H3. The predicted octanol–water partition coefficient (Wildman–Crippen LogP) is 1.58. The highest BCUT2D eigenvalue weighted by Gasteiger charge is 2.24. The summed E-state index contributed by atoms with van der Waals surface area (Å²) in [6.07, 6.45) is 1.73. The molecule has 0 aliphatic rings. The second kappa shape index (κ2) is 5.45. The van der Waals surface area contributed by atoms with Crippen molar-refractivity contribution in [1.29, 1.82) is 0 Å². The number of likely N-dealkylation sites (N-methyl/N-ethyl adjacent to an activating group) is 1. The number of rotatable bonds is 4. The molecule has 0 spiro atoms. The molecular weight excluding hydrogens is 214 g/mol. The molecular formula is C13H23N3O. The van der Waals surface area contributed by atoms with Crippen LogP contribution in [-0.4, -0.2) is 22.4 Å². The van der Waals surface area contributed by atoms with Crippen molar-refractivity contribution < 1.29 is 0 Å². The Hall–Kier alpha value is -1.16. The van der Waals surface area contributed by atoms with Gasteiger partial charge in [0.1, 0.15) is 0 Å². The van der Waals surface area contributed by atoms with E-state index in [1.807, 2.05) is 6.92 Å². The van der Waals surface area contributed by atoms with Gasteiger partial charge in [0.25, 0.3) is 5.56 Å². The Morgan fingerprint density at radius 1 is 1.47 bits per heavy atom. The summed E-state index contributed by atoms with van der Waals surface area (Å²) in [5, 5.41) is 7.59. The normalized spacial score (nSPS) is 13.7. The lowest BCUT2D eigenvalue weighted by Crippen LogP contribution is -2.45. The number of aryl methyl sites for hydroxylation is 1. The minimum absolute atomic E-state index is 0.0304. The van der Waals surface area contributed by atoms with Crippen molar-refractivity contribution >= 4 is 0 Å². The molecule has 1 aromatic rings. The minimum Gasteiger partial charge on any atom is -0.312 e. The number of nitrogens with zero attached hydrogens (tertiary/aromatic N) is 2. The van der Waals surface area contributed by atoms with Crippen LogP contribution < -0.4 is 10.9 Å². The molecule has 1 N–H and O–H groups in total. The highest BCUT2D eigenvalue weighted by atomic mass is 16.1. The van der Waals surface area contributed by atoms with Gasteiger partial charge >= 0.3 is 0 Å². The summed E-state index contributed by atoms with van der Waals surface area (Å²) in [7, 11) is 0. The number of nitrogens with one attached hydrogen (secondary N) is 1. The monoisotopic (exact) mass is 237 g/mol. The Labute approximate surface area is 103 Å². The lowest BCUT2D eigenvalue weighted by molar-refractivity contribution is 0.235. The van der Waals surface area contributed by atoms with Crippen LogP contribution in [0.3, 0.4) is 0 Å². The smallest absolute Gasteiger partial charge is 0.267 e. The van der Waals surface area contributed by atoms with Crippen molar-refractivity contribution in [3.63, 3.8) is 0 Å². The largest absolute Gasteiger partial charge is 0.312 e. The van der Waals surface area contributed by atoms with E-state index >= 15 is 0 Å². The molecule has 0 saturated heterocycles. The molecule has 0 aromatic carbocycles. The van der Waals surface area contributed by atoms with Crippen molar-refractivity contribution in [2.45, 2.75) is 47.2 Å². The quantitative estimate of drug-likeness (QED) is 0.864. The third-order valence-corrected chi connectivity index (χ3v) is 2.86. The van der Waals surface area contributed by atoms with Crippen LogP contribution in [0.1, 0.15) is 33.3 Å². The number of hydrogen-bond donors (Lipinski definition) is 1. The molecule has 0 amide bonds. The van der Waals surface area contributed by atoms with Gasteiger partial charge in [0, 0.05) is 12.1 Å². The predicted molar refractivity (Wildman–Crippen MR) is 70.2 cm³/mol. The van der Waals surface area contributed by atoms with Gasteiger partial charge in [0.15, 0.2) is 0 Å². The molecule has 1 unspecified atom stereocenters. The fourth-order valence-corrected chi connectivity index (χ4v) is 1.73. The van der Waals surface area contributed by atoms with Crippen LogP contribution in [0.25, 0.3) is 0 Å².